The third-order valence-corrected chi connectivity index (χ3v) is 5.03. The standard InChI is InChI=1S/C21H26FN3O2S/c1-15(2)19(25-21(27)24-18-6-4-3-5-7-18)20(26)23-12-13-28-14-16-8-10-17(22)11-9-16/h3-11,15,19H,12-14H2,1-2H3,(H,23,26)(H2,24,25,27). The van der Waals surface area contributed by atoms with Crippen molar-refractivity contribution in [2.75, 3.05) is 17.6 Å². The van der Waals surface area contributed by atoms with Crippen LogP contribution in [0.4, 0.5) is 14.9 Å². The molecule has 7 heteroatoms. The van der Waals surface area contributed by atoms with Crippen molar-refractivity contribution >= 4 is 29.4 Å². The van der Waals surface area contributed by atoms with Crippen LogP contribution in [0.5, 0.6) is 0 Å². The van der Waals surface area contributed by atoms with Crippen LogP contribution in [0, 0.1) is 11.7 Å². The molecule has 0 aliphatic carbocycles. The number of hydrogen-bond acceptors (Lipinski definition) is 3. The molecule has 150 valence electrons. The van der Waals surface area contributed by atoms with E-state index in [9.17, 15) is 14.0 Å². The van der Waals surface area contributed by atoms with Crippen LogP contribution in [0.1, 0.15) is 19.4 Å². The minimum atomic E-state index is -0.620. The lowest BCUT2D eigenvalue weighted by molar-refractivity contribution is -0.123. The Balaban J connectivity index is 1.72. The van der Waals surface area contributed by atoms with E-state index in [0.29, 0.717) is 12.2 Å². The number of nitrogens with one attached hydrogen (secondary N) is 3. The molecule has 1 atom stereocenters. The lowest BCUT2D eigenvalue weighted by Crippen LogP contribution is -2.51. The molecule has 0 fully saturated rings. The molecule has 3 N–H and O–H groups in total. The molecule has 0 aliphatic heterocycles. The lowest BCUT2D eigenvalue weighted by atomic mass is 10.0. The van der Waals surface area contributed by atoms with Gasteiger partial charge in [0.05, 0.1) is 0 Å². The molecule has 3 amide bonds. The summed E-state index contributed by atoms with van der Waals surface area (Å²) < 4.78 is 12.9. The highest BCUT2D eigenvalue weighted by Crippen LogP contribution is 2.12. The van der Waals surface area contributed by atoms with E-state index in [1.807, 2.05) is 32.0 Å². The Kier molecular flexibility index (Phi) is 8.81. The van der Waals surface area contributed by atoms with Gasteiger partial charge in [-0.15, -0.1) is 0 Å². The number of carbonyl (C=O) groups excluding carboxylic acids is 2. The summed E-state index contributed by atoms with van der Waals surface area (Å²) in [5.41, 5.74) is 1.71. The number of rotatable bonds is 9. The van der Waals surface area contributed by atoms with Crippen LogP contribution in [-0.4, -0.2) is 30.3 Å². The molecule has 2 aromatic carbocycles. The third-order valence-electron chi connectivity index (χ3n) is 4.00. The smallest absolute Gasteiger partial charge is 0.319 e. The van der Waals surface area contributed by atoms with Gasteiger partial charge in [0, 0.05) is 23.7 Å². The summed E-state index contributed by atoms with van der Waals surface area (Å²) in [5.74, 6) is 0.976. The number of thioether (sulfide) groups is 1. The number of para-hydroxylation sites is 1. The van der Waals surface area contributed by atoms with Crippen LogP contribution in [0.2, 0.25) is 0 Å². The number of benzene rings is 2. The maximum atomic E-state index is 12.9. The van der Waals surface area contributed by atoms with Gasteiger partial charge < -0.3 is 16.0 Å². The van der Waals surface area contributed by atoms with Crippen molar-refractivity contribution < 1.29 is 14.0 Å². The SMILES string of the molecule is CC(C)C(NC(=O)Nc1ccccc1)C(=O)NCCSCc1ccc(F)cc1. The summed E-state index contributed by atoms with van der Waals surface area (Å²) in [7, 11) is 0. The van der Waals surface area contributed by atoms with Gasteiger partial charge in [-0.05, 0) is 35.7 Å². The van der Waals surface area contributed by atoms with Crippen molar-refractivity contribution in [2.45, 2.75) is 25.6 Å². The van der Waals surface area contributed by atoms with Crippen LogP contribution in [-0.2, 0) is 10.5 Å². The Morgan fingerprint density at radius 1 is 1.04 bits per heavy atom. The minimum Gasteiger partial charge on any atom is -0.353 e. The highest BCUT2D eigenvalue weighted by atomic mass is 32.2. The number of amides is 3. The van der Waals surface area contributed by atoms with Crippen LogP contribution >= 0.6 is 11.8 Å². The normalized spacial score (nSPS) is 11.7. The van der Waals surface area contributed by atoms with Crippen molar-refractivity contribution in [1.29, 1.82) is 0 Å². The van der Waals surface area contributed by atoms with Crippen molar-refractivity contribution in [3.05, 3.63) is 66.0 Å². The molecule has 2 aromatic rings. The zero-order chi connectivity index (χ0) is 20.4. The number of carbonyl (C=O) groups is 2. The highest BCUT2D eigenvalue weighted by Gasteiger charge is 2.23. The molecule has 28 heavy (non-hydrogen) atoms. The van der Waals surface area contributed by atoms with Gasteiger partial charge in [0.15, 0.2) is 0 Å². The minimum absolute atomic E-state index is 0.0478. The Labute approximate surface area is 169 Å². The molecule has 0 aromatic heterocycles. The van der Waals surface area contributed by atoms with E-state index >= 15 is 0 Å². The molecular formula is C21H26FN3O2S. The maximum absolute atomic E-state index is 12.9. The van der Waals surface area contributed by atoms with Crippen LogP contribution in [0.3, 0.4) is 0 Å². The van der Waals surface area contributed by atoms with Gasteiger partial charge in [-0.3, -0.25) is 4.79 Å². The van der Waals surface area contributed by atoms with Gasteiger partial charge in [0.2, 0.25) is 5.91 Å². The summed E-state index contributed by atoms with van der Waals surface area (Å²) in [5, 5.41) is 8.32. The van der Waals surface area contributed by atoms with Gasteiger partial charge >= 0.3 is 6.03 Å². The van der Waals surface area contributed by atoms with E-state index in [-0.39, 0.29) is 17.6 Å². The molecule has 0 saturated heterocycles. The average molecular weight is 404 g/mol. The topological polar surface area (TPSA) is 70.2 Å². The first-order valence-corrected chi connectivity index (χ1v) is 10.3. The molecular weight excluding hydrogens is 377 g/mol. The maximum Gasteiger partial charge on any atom is 0.319 e. The molecule has 5 nitrogen and oxygen atoms in total. The van der Waals surface area contributed by atoms with Crippen molar-refractivity contribution in [3.63, 3.8) is 0 Å². The van der Waals surface area contributed by atoms with E-state index in [1.54, 1.807) is 36.0 Å². The zero-order valence-electron chi connectivity index (χ0n) is 16.1. The second-order valence-electron chi connectivity index (χ2n) is 6.66. The third kappa shape index (κ3) is 7.60. The molecule has 0 saturated carbocycles. The monoisotopic (exact) mass is 403 g/mol. The number of anilines is 1. The van der Waals surface area contributed by atoms with Crippen LogP contribution < -0.4 is 16.0 Å². The van der Waals surface area contributed by atoms with Crippen molar-refractivity contribution in [2.24, 2.45) is 5.92 Å². The second-order valence-corrected chi connectivity index (χ2v) is 7.76. The Morgan fingerprint density at radius 2 is 1.71 bits per heavy atom. The summed E-state index contributed by atoms with van der Waals surface area (Å²) in [4.78, 5) is 24.6. The van der Waals surface area contributed by atoms with Gasteiger partial charge in [-0.25, -0.2) is 9.18 Å². The molecule has 2 rings (SSSR count). The van der Waals surface area contributed by atoms with Gasteiger partial charge in [0.25, 0.3) is 0 Å². The molecule has 0 spiro atoms. The second kappa shape index (κ2) is 11.3. The van der Waals surface area contributed by atoms with Crippen LogP contribution in [0.15, 0.2) is 54.6 Å². The predicted molar refractivity (Wildman–Crippen MR) is 113 cm³/mol. The number of hydrogen-bond donors (Lipinski definition) is 3. The van der Waals surface area contributed by atoms with E-state index in [1.165, 1.54) is 12.1 Å². The van der Waals surface area contributed by atoms with Crippen molar-refractivity contribution in [3.8, 4) is 0 Å². The summed E-state index contributed by atoms with van der Waals surface area (Å²) in [6.45, 7) is 4.27. The van der Waals surface area contributed by atoms with Crippen molar-refractivity contribution in [1.82, 2.24) is 10.6 Å². The van der Waals surface area contributed by atoms with E-state index in [2.05, 4.69) is 16.0 Å². The fraction of sp³-hybridized carbons (Fsp3) is 0.333. The first-order chi connectivity index (χ1) is 13.5. The lowest BCUT2D eigenvalue weighted by Gasteiger charge is -2.22. The molecule has 1 unspecified atom stereocenters. The molecule has 0 heterocycles. The van der Waals surface area contributed by atoms with Gasteiger partial charge in [-0.2, -0.15) is 11.8 Å². The Morgan fingerprint density at radius 3 is 2.36 bits per heavy atom. The Hall–Kier alpha value is -2.54. The van der Waals surface area contributed by atoms with Crippen LogP contribution in [0.25, 0.3) is 0 Å². The van der Waals surface area contributed by atoms with E-state index in [0.717, 1.165) is 17.1 Å². The molecule has 0 bridgehead atoms. The first-order valence-electron chi connectivity index (χ1n) is 9.18. The predicted octanol–water partition coefficient (Wildman–Crippen LogP) is 4.02. The largest absolute Gasteiger partial charge is 0.353 e. The quantitative estimate of drug-likeness (QED) is 0.554. The fourth-order valence-corrected chi connectivity index (χ4v) is 3.31. The zero-order valence-corrected chi connectivity index (χ0v) is 16.9. The Bertz CT molecular complexity index is 754. The van der Waals surface area contributed by atoms with E-state index < -0.39 is 12.1 Å². The average Bonchev–Trinajstić information content (AvgIpc) is 2.67. The number of halogens is 1. The first kappa shape index (κ1) is 21.8. The summed E-state index contributed by atoms with van der Waals surface area (Å²) in [6.07, 6.45) is 0. The molecule has 0 radical (unpaired) electrons. The molecule has 0 aliphatic rings. The van der Waals surface area contributed by atoms with E-state index in [4.69, 9.17) is 0 Å². The summed E-state index contributed by atoms with van der Waals surface area (Å²) in [6, 6.07) is 14.4. The van der Waals surface area contributed by atoms with Gasteiger partial charge in [-0.1, -0.05) is 44.2 Å². The summed E-state index contributed by atoms with van der Waals surface area (Å²) >= 11 is 1.65. The highest BCUT2D eigenvalue weighted by molar-refractivity contribution is 7.98. The van der Waals surface area contributed by atoms with Gasteiger partial charge in [0.1, 0.15) is 11.9 Å². The number of urea groups is 1. The fourth-order valence-electron chi connectivity index (χ4n) is 2.49.